The molecule has 0 atom stereocenters. The first-order valence-electron chi connectivity index (χ1n) is 8.71. The highest BCUT2D eigenvalue weighted by Gasteiger charge is 2.12. The lowest BCUT2D eigenvalue weighted by molar-refractivity contribution is -0.121. The Balaban J connectivity index is 1.56. The van der Waals surface area contributed by atoms with Crippen LogP contribution in [0, 0.1) is 6.92 Å². The van der Waals surface area contributed by atoms with Crippen LogP contribution in [-0.2, 0) is 16.0 Å². The molecule has 134 valence electrons. The van der Waals surface area contributed by atoms with Crippen LogP contribution in [0.5, 0.6) is 0 Å². The molecule has 2 amide bonds. The van der Waals surface area contributed by atoms with Crippen molar-refractivity contribution in [2.24, 2.45) is 0 Å². The Labute approximate surface area is 153 Å². The molecule has 0 spiro atoms. The van der Waals surface area contributed by atoms with Gasteiger partial charge in [-0.05, 0) is 30.7 Å². The number of amides is 2. The van der Waals surface area contributed by atoms with E-state index in [0.29, 0.717) is 19.5 Å². The minimum absolute atomic E-state index is 0.0419. The Hall–Kier alpha value is -3.08. The lowest BCUT2D eigenvalue weighted by Crippen LogP contribution is -2.38. The van der Waals surface area contributed by atoms with E-state index in [1.807, 2.05) is 61.7 Å². The summed E-state index contributed by atoms with van der Waals surface area (Å²) in [5, 5.41) is 3.97. The van der Waals surface area contributed by atoms with Gasteiger partial charge in [0, 0.05) is 42.8 Å². The predicted molar refractivity (Wildman–Crippen MR) is 104 cm³/mol. The molecule has 0 saturated heterocycles. The maximum atomic E-state index is 12.3. The largest absolute Gasteiger partial charge is 0.361 e. The number of carbonyl (C=O) groups is 2. The molecule has 5 nitrogen and oxygen atoms in total. The van der Waals surface area contributed by atoms with Crippen LogP contribution in [0.4, 0.5) is 5.69 Å². The topological polar surface area (TPSA) is 65.2 Å². The third kappa shape index (κ3) is 4.11. The van der Waals surface area contributed by atoms with Crippen molar-refractivity contribution in [1.82, 2.24) is 10.3 Å². The Morgan fingerprint density at radius 1 is 1.08 bits per heavy atom. The average Bonchev–Trinajstić information content (AvgIpc) is 3.02. The van der Waals surface area contributed by atoms with Gasteiger partial charge in [-0.1, -0.05) is 35.9 Å². The minimum atomic E-state index is -0.0536. The van der Waals surface area contributed by atoms with E-state index in [0.717, 1.165) is 27.7 Å². The first kappa shape index (κ1) is 17.7. The number of H-pyrrole nitrogens is 1. The number of carbonyl (C=O) groups excluding carboxylic acids is 2. The standard InChI is InChI=1S/C21H23N3O2/c1-15-7-9-18(10-8-15)24(16(2)25)12-11-22-21(26)13-17-14-23-20-6-4-3-5-19(17)20/h3-10,14,23H,11-13H2,1-2H3,(H,22,26). The van der Waals surface area contributed by atoms with Gasteiger partial charge in [-0.15, -0.1) is 0 Å². The van der Waals surface area contributed by atoms with Crippen LogP contribution in [-0.4, -0.2) is 29.9 Å². The van der Waals surface area contributed by atoms with E-state index in [9.17, 15) is 9.59 Å². The maximum Gasteiger partial charge on any atom is 0.224 e. The summed E-state index contributed by atoms with van der Waals surface area (Å²) in [4.78, 5) is 29.0. The fourth-order valence-electron chi connectivity index (χ4n) is 3.01. The summed E-state index contributed by atoms with van der Waals surface area (Å²) >= 11 is 0. The molecule has 3 aromatic rings. The zero-order valence-electron chi connectivity index (χ0n) is 15.1. The first-order valence-corrected chi connectivity index (χ1v) is 8.71. The van der Waals surface area contributed by atoms with E-state index in [2.05, 4.69) is 10.3 Å². The molecule has 1 aromatic heterocycles. The number of hydrogen-bond acceptors (Lipinski definition) is 2. The lowest BCUT2D eigenvalue weighted by atomic mass is 10.1. The first-order chi connectivity index (χ1) is 12.5. The number of anilines is 1. The second-order valence-electron chi connectivity index (χ2n) is 6.39. The van der Waals surface area contributed by atoms with Crippen molar-refractivity contribution in [3.63, 3.8) is 0 Å². The molecule has 0 aliphatic heterocycles. The average molecular weight is 349 g/mol. The minimum Gasteiger partial charge on any atom is -0.361 e. The van der Waals surface area contributed by atoms with Gasteiger partial charge in [0.15, 0.2) is 0 Å². The normalized spacial score (nSPS) is 10.7. The molecule has 0 aliphatic carbocycles. The number of benzene rings is 2. The Morgan fingerprint density at radius 2 is 1.81 bits per heavy atom. The number of rotatable bonds is 6. The number of fused-ring (bicyclic) bond motifs is 1. The van der Waals surface area contributed by atoms with E-state index in [1.54, 1.807) is 4.90 Å². The van der Waals surface area contributed by atoms with Crippen LogP contribution < -0.4 is 10.2 Å². The van der Waals surface area contributed by atoms with Gasteiger partial charge in [-0.3, -0.25) is 9.59 Å². The summed E-state index contributed by atoms with van der Waals surface area (Å²) in [6, 6.07) is 15.7. The summed E-state index contributed by atoms with van der Waals surface area (Å²) in [5.41, 5.74) is 3.98. The molecule has 0 fully saturated rings. The van der Waals surface area contributed by atoms with Crippen molar-refractivity contribution < 1.29 is 9.59 Å². The molecule has 1 heterocycles. The molecule has 0 saturated carbocycles. The monoisotopic (exact) mass is 349 g/mol. The zero-order valence-corrected chi connectivity index (χ0v) is 15.1. The van der Waals surface area contributed by atoms with Crippen LogP contribution >= 0.6 is 0 Å². The van der Waals surface area contributed by atoms with E-state index in [-0.39, 0.29) is 11.8 Å². The van der Waals surface area contributed by atoms with Crippen LogP contribution in [0.1, 0.15) is 18.1 Å². The van der Waals surface area contributed by atoms with Crippen LogP contribution in [0.15, 0.2) is 54.7 Å². The molecular weight excluding hydrogens is 326 g/mol. The molecule has 26 heavy (non-hydrogen) atoms. The van der Waals surface area contributed by atoms with Crippen molar-refractivity contribution in [3.8, 4) is 0 Å². The molecule has 0 unspecified atom stereocenters. The maximum absolute atomic E-state index is 12.3. The molecule has 0 bridgehead atoms. The molecule has 2 aromatic carbocycles. The summed E-state index contributed by atoms with van der Waals surface area (Å²) in [5.74, 6) is -0.0955. The fraction of sp³-hybridized carbons (Fsp3) is 0.238. The van der Waals surface area contributed by atoms with E-state index >= 15 is 0 Å². The van der Waals surface area contributed by atoms with Gasteiger partial charge in [0.2, 0.25) is 11.8 Å². The van der Waals surface area contributed by atoms with Gasteiger partial charge in [0.05, 0.1) is 6.42 Å². The zero-order chi connectivity index (χ0) is 18.5. The summed E-state index contributed by atoms with van der Waals surface area (Å²) in [6.45, 7) is 4.40. The Bertz CT molecular complexity index is 912. The quantitative estimate of drug-likeness (QED) is 0.718. The second kappa shape index (κ2) is 7.87. The molecular formula is C21H23N3O2. The van der Waals surface area contributed by atoms with E-state index < -0.39 is 0 Å². The SMILES string of the molecule is CC(=O)N(CCNC(=O)Cc1c[nH]c2ccccc12)c1ccc(C)cc1. The van der Waals surface area contributed by atoms with Gasteiger partial charge < -0.3 is 15.2 Å². The van der Waals surface area contributed by atoms with E-state index in [4.69, 9.17) is 0 Å². The van der Waals surface area contributed by atoms with Gasteiger partial charge in [0.1, 0.15) is 0 Å². The summed E-state index contributed by atoms with van der Waals surface area (Å²) in [7, 11) is 0. The predicted octanol–water partition coefficient (Wildman–Crippen LogP) is 3.19. The van der Waals surface area contributed by atoms with Crippen molar-refractivity contribution >= 4 is 28.4 Å². The Morgan fingerprint density at radius 3 is 2.54 bits per heavy atom. The van der Waals surface area contributed by atoms with Crippen molar-refractivity contribution in [2.75, 3.05) is 18.0 Å². The van der Waals surface area contributed by atoms with Gasteiger partial charge in [0.25, 0.3) is 0 Å². The van der Waals surface area contributed by atoms with Crippen LogP contribution in [0.25, 0.3) is 10.9 Å². The van der Waals surface area contributed by atoms with Crippen molar-refractivity contribution in [2.45, 2.75) is 20.3 Å². The number of para-hydroxylation sites is 1. The van der Waals surface area contributed by atoms with Crippen molar-refractivity contribution in [1.29, 1.82) is 0 Å². The fourth-order valence-corrected chi connectivity index (χ4v) is 3.01. The third-order valence-corrected chi connectivity index (χ3v) is 4.41. The number of nitrogens with zero attached hydrogens (tertiary/aromatic N) is 1. The van der Waals surface area contributed by atoms with Crippen molar-refractivity contribution in [3.05, 3.63) is 65.9 Å². The smallest absolute Gasteiger partial charge is 0.224 e. The number of aromatic nitrogens is 1. The molecule has 0 aliphatic rings. The van der Waals surface area contributed by atoms with Gasteiger partial charge >= 0.3 is 0 Å². The van der Waals surface area contributed by atoms with Gasteiger partial charge in [-0.25, -0.2) is 0 Å². The summed E-state index contributed by atoms with van der Waals surface area (Å²) < 4.78 is 0. The van der Waals surface area contributed by atoms with Gasteiger partial charge in [-0.2, -0.15) is 0 Å². The molecule has 5 heteroatoms. The summed E-state index contributed by atoms with van der Waals surface area (Å²) in [6.07, 6.45) is 2.19. The molecule has 2 N–H and O–H groups in total. The highest BCUT2D eigenvalue weighted by Crippen LogP contribution is 2.18. The lowest BCUT2D eigenvalue weighted by Gasteiger charge is -2.21. The highest BCUT2D eigenvalue weighted by atomic mass is 16.2. The number of hydrogen-bond donors (Lipinski definition) is 2. The Kier molecular flexibility index (Phi) is 5.37. The van der Waals surface area contributed by atoms with E-state index in [1.165, 1.54) is 6.92 Å². The second-order valence-corrected chi connectivity index (χ2v) is 6.39. The number of aromatic amines is 1. The molecule has 0 radical (unpaired) electrons. The number of nitrogens with one attached hydrogen (secondary N) is 2. The number of aryl methyl sites for hydroxylation is 1. The molecule has 3 rings (SSSR count). The highest BCUT2D eigenvalue weighted by molar-refractivity contribution is 5.92. The van der Waals surface area contributed by atoms with Crippen LogP contribution in [0.2, 0.25) is 0 Å². The van der Waals surface area contributed by atoms with Crippen LogP contribution in [0.3, 0.4) is 0 Å². The third-order valence-electron chi connectivity index (χ3n) is 4.41.